The van der Waals surface area contributed by atoms with Crippen LogP contribution in [0.2, 0.25) is 0 Å². The van der Waals surface area contributed by atoms with Crippen LogP contribution in [0.15, 0.2) is 47.9 Å². The predicted molar refractivity (Wildman–Crippen MR) is 69.0 cm³/mol. The first-order chi connectivity index (χ1) is 8.25. The maximum atomic E-state index is 11.9. The molecule has 0 unspecified atom stereocenters. The van der Waals surface area contributed by atoms with E-state index < -0.39 is 0 Å². The summed E-state index contributed by atoms with van der Waals surface area (Å²) >= 11 is 1.40. The summed E-state index contributed by atoms with van der Waals surface area (Å²) in [5.41, 5.74) is 0.810. The van der Waals surface area contributed by atoms with Crippen molar-refractivity contribution in [3.05, 3.63) is 42.7 Å². The van der Waals surface area contributed by atoms with E-state index in [2.05, 4.69) is 15.3 Å². The molecule has 1 atom stereocenters. The quantitative estimate of drug-likeness (QED) is 0.816. The number of carbonyl (C=O) groups is 1. The second kappa shape index (κ2) is 5.54. The van der Waals surface area contributed by atoms with Gasteiger partial charge >= 0.3 is 0 Å². The SMILES string of the molecule is C[C@@H](Sc1ncc[nH]1)C(=O)Nc1ccccc1. The first-order valence-corrected chi connectivity index (χ1v) is 6.15. The highest BCUT2D eigenvalue weighted by molar-refractivity contribution is 8.00. The van der Waals surface area contributed by atoms with Crippen molar-refractivity contribution in [3.8, 4) is 0 Å². The number of nitrogens with zero attached hydrogens (tertiary/aromatic N) is 1. The summed E-state index contributed by atoms with van der Waals surface area (Å²) in [6.07, 6.45) is 3.41. The number of aromatic amines is 1. The number of para-hydroxylation sites is 1. The van der Waals surface area contributed by atoms with Crippen molar-refractivity contribution in [3.63, 3.8) is 0 Å². The number of amides is 1. The standard InChI is InChI=1S/C12H13N3OS/c1-9(17-12-13-7-8-14-12)11(16)15-10-5-3-2-4-6-10/h2-9H,1H3,(H,13,14)(H,15,16)/t9-/m1/s1. The van der Waals surface area contributed by atoms with Gasteiger partial charge in [-0.15, -0.1) is 0 Å². The number of thioether (sulfide) groups is 1. The van der Waals surface area contributed by atoms with Crippen LogP contribution in [0, 0.1) is 0 Å². The number of benzene rings is 1. The van der Waals surface area contributed by atoms with Gasteiger partial charge in [0.1, 0.15) is 0 Å². The number of rotatable bonds is 4. The Bertz CT molecular complexity index is 470. The van der Waals surface area contributed by atoms with Gasteiger partial charge in [-0.25, -0.2) is 4.98 Å². The van der Waals surface area contributed by atoms with Gasteiger partial charge in [0.2, 0.25) is 5.91 Å². The van der Waals surface area contributed by atoms with Crippen LogP contribution in [0.1, 0.15) is 6.92 Å². The van der Waals surface area contributed by atoms with Crippen molar-refractivity contribution >= 4 is 23.4 Å². The molecule has 2 rings (SSSR count). The fourth-order valence-corrected chi connectivity index (χ4v) is 2.06. The van der Waals surface area contributed by atoms with Crippen LogP contribution >= 0.6 is 11.8 Å². The number of carbonyl (C=O) groups excluding carboxylic acids is 1. The molecule has 0 fully saturated rings. The molecule has 0 saturated heterocycles. The normalized spacial score (nSPS) is 12.1. The third kappa shape index (κ3) is 3.35. The summed E-state index contributed by atoms with van der Waals surface area (Å²) < 4.78 is 0. The number of anilines is 1. The van der Waals surface area contributed by atoms with Crippen LogP contribution < -0.4 is 5.32 Å². The Labute approximate surface area is 104 Å². The van der Waals surface area contributed by atoms with E-state index in [0.717, 1.165) is 10.8 Å². The first-order valence-electron chi connectivity index (χ1n) is 5.27. The second-order valence-electron chi connectivity index (χ2n) is 3.51. The molecule has 88 valence electrons. The van der Waals surface area contributed by atoms with Gasteiger partial charge in [0.15, 0.2) is 5.16 Å². The number of aromatic nitrogens is 2. The number of hydrogen-bond acceptors (Lipinski definition) is 3. The number of nitrogens with one attached hydrogen (secondary N) is 2. The first kappa shape index (κ1) is 11.7. The molecule has 5 heteroatoms. The summed E-state index contributed by atoms with van der Waals surface area (Å²) in [6, 6.07) is 9.42. The Morgan fingerprint density at radius 2 is 2.18 bits per heavy atom. The summed E-state index contributed by atoms with van der Waals surface area (Å²) in [6.45, 7) is 1.85. The lowest BCUT2D eigenvalue weighted by molar-refractivity contribution is -0.115. The monoisotopic (exact) mass is 247 g/mol. The summed E-state index contributed by atoms with van der Waals surface area (Å²) in [5, 5.41) is 3.41. The zero-order chi connectivity index (χ0) is 12.1. The fraction of sp³-hybridized carbons (Fsp3) is 0.167. The molecule has 0 saturated carbocycles. The largest absolute Gasteiger partial charge is 0.340 e. The molecule has 0 aliphatic rings. The minimum absolute atomic E-state index is 0.0300. The van der Waals surface area contributed by atoms with E-state index in [4.69, 9.17) is 0 Å². The third-order valence-electron chi connectivity index (χ3n) is 2.17. The average Bonchev–Trinajstić information content (AvgIpc) is 2.83. The average molecular weight is 247 g/mol. The van der Waals surface area contributed by atoms with E-state index in [1.165, 1.54) is 11.8 Å². The topological polar surface area (TPSA) is 57.8 Å². The van der Waals surface area contributed by atoms with Gasteiger partial charge in [0.25, 0.3) is 0 Å². The van der Waals surface area contributed by atoms with Gasteiger partial charge in [0, 0.05) is 18.1 Å². The molecule has 0 aliphatic carbocycles. The van der Waals surface area contributed by atoms with E-state index in [1.54, 1.807) is 12.4 Å². The number of imidazole rings is 1. The highest BCUT2D eigenvalue weighted by Gasteiger charge is 2.15. The second-order valence-corrected chi connectivity index (χ2v) is 4.84. The molecule has 1 amide bonds. The van der Waals surface area contributed by atoms with Gasteiger partial charge in [0.05, 0.1) is 5.25 Å². The van der Waals surface area contributed by atoms with Crippen molar-refractivity contribution in [2.75, 3.05) is 5.32 Å². The lowest BCUT2D eigenvalue weighted by Crippen LogP contribution is -2.22. The molecule has 2 N–H and O–H groups in total. The van der Waals surface area contributed by atoms with Crippen LogP contribution in [-0.4, -0.2) is 21.1 Å². The maximum Gasteiger partial charge on any atom is 0.237 e. The molecular formula is C12H13N3OS. The highest BCUT2D eigenvalue weighted by atomic mass is 32.2. The Morgan fingerprint density at radius 3 is 2.82 bits per heavy atom. The van der Waals surface area contributed by atoms with Crippen LogP contribution in [0.3, 0.4) is 0 Å². The maximum absolute atomic E-state index is 11.9. The van der Waals surface area contributed by atoms with Gasteiger partial charge in [-0.3, -0.25) is 4.79 Å². The molecule has 0 bridgehead atoms. The number of hydrogen-bond donors (Lipinski definition) is 2. The van der Waals surface area contributed by atoms with Gasteiger partial charge in [-0.2, -0.15) is 0 Å². The molecule has 4 nitrogen and oxygen atoms in total. The summed E-state index contributed by atoms with van der Waals surface area (Å²) in [7, 11) is 0. The van der Waals surface area contributed by atoms with E-state index in [-0.39, 0.29) is 11.2 Å². The minimum Gasteiger partial charge on any atom is -0.340 e. The summed E-state index contributed by atoms with van der Waals surface area (Å²) in [5.74, 6) is -0.0300. The van der Waals surface area contributed by atoms with Crippen molar-refractivity contribution in [1.82, 2.24) is 9.97 Å². The molecule has 0 radical (unpaired) electrons. The molecule has 1 heterocycles. The van der Waals surface area contributed by atoms with E-state index in [0.29, 0.717) is 0 Å². The molecule has 1 aromatic heterocycles. The molecule has 2 aromatic rings. The van der Waals surface area contributed by atoms with Crippen molar-refractivity contribution in [1.29, 1.82) is 0 Å². The minimum atomic E-state index is -0.193. The zero-order valence-corrected chi connectivity index (χ0v) is 10.2. The van der Waals surface area contributed by atoms with Crippen molar-refractivity contribution in [2.24, 2.45) is 0 Å². The van der Waals surface area contributed by atoms with Gasteiger partial charge < -0.3 is 10.3 Å². The third-order valence-corrected chi connectivity index (χ3v) is 3.19. The predicted octanol–water partition coefficient (Wildman–Crippen LogP) is 2.53. The summed E-state index contributed by atoms with van der Waals surface area (Å²) in [4.78, 5) is 18.9. The Hall–Kier alpha value is -1.75. The van der Waals surface area contributed by atoms with Crippen molar-refractivity contribution < 1.29 is 4.79 Å². The van der Waals surface area contributed by atoms with Gasteiger partial charge in [-0.1, -0.05) is 30.0 Å². The van der Waals surface area contributed by atoms with Crippen LogP contribution in [-0.2, 0) is 4.79 Å². The molecular weight excluding hydrogens is 234 g/mol. The zero-order valence-electron chi connectivity index (χ0n) is 9.38. The number of H-pyrrole nitrogens is 1. The molecule has 0 spiro atoms. The highest BCUT2D eigenvalue weighted by Crippen LogP contribution is 2.20. The molecule has 17 heavy (non-hydrogen) atoms. The van der Waals surface area contributed by atoms with E-state index in [9.17, 15) is 4.79 Å². The Morgan fingerprint density at radius 1 is 1.41 bits per heavy atom. The van der Waals surface area contributed by atoms with E-state index in [1.807, 2.05) is 37.3 Å². The smallest absolute Gasteiger partial charge is 0.237 e. The Kier molecular flexibility index (Phi) is 3.82. The van der Waals surface area contributed by atoms with Crippen molar-refractivity contribution in [2.45, 2.75) is 17.3 Å². The lowest BCUT2D eigenvalue weighted by Gasteiger charge is -2.10. The Balaban J connectivity index is 1.92. The fourth-order valence-electron chi connectivity index (χ4n) is 1.30. The van der Waals surface area contributed by atoms with Crippen LogP contribution in [0.25, 0.3) is 0 Å². The van der Waals surface area contributed by atoms with Gasteiger partial charge in [-0.05, 0) is 19.1 Å². The van der Waals surface area contributed by atoms with E-state index >= 15 is 0 Å². The molecule has 0 aliphatic heterocycles. The van der Waals surface area contributed by atoms with Crippen LogP contribution in [0.5, 0.6) is 0 Å². The lowest BCUT2D eigenvalue weighted by atomic mass is 10.3. The molecule has 1 aromatic carbocycles. The van der Waals surface area contributed by atoms with Crippen LogP contribution in [0.4, 0.5) is 5.69 Å².